The van der Waals surface area contributed by atoms with E-state index in [1.54, 1.807) is 6.26 Å². The maximum absolute atomic E-state index is 6.09. The average molecular weight is 246 g/mol. The molecule has 1 fully saturated rings. The van der Waals surface area contributed by atoms with Crippen molar-refractivity contribution in [2.75, 3.05) is 13.1 Å². The van der Waals surface area contributed by atoms with Crippen molar-refractivity contribution in [3.63, 3.8) is 0 Å². The summed E-state index contributed by atoms with van der Waals surface area (Å²) in [6, 6.07) is 0.311. The highest BCUT2D eigenvalue weighted by molar-refractivity contribution is 5.85. The molecule has 92 valence electrons. The van der Waals surface area contributed by atoms with Crippen LogP contribution in [0.25, 0.3) is 0 Å². The molecule has 0 saturated carbocycles. The Kier molecular flexibility index (Phi) is 4.35. The van der Waals surface area contributed by atoms with Gasteiger partial charge in [-0.1, -0.05) is 13.8 Å². The predicted molar refractivity (Wildman–Crippen MR) is 65.4 cm³/mol. The smallest absolute Gasteiger partial charge is 0.180 e. The monoisotopic (exact) mass is 245 g/mol. The van der Waals surface area contributed by atoms with E-state index >= 15 is 0 Å². The van der Waals surface area contributed by atoms with E-state index in [1.807, 2.05) is 0 Å². The molecule has 1 atom stereocenters. The van der Waals surface area contributed by atoms with Crippen molar-refractivity contribution in [3.8, 4) is 0 Å². The Morgan fingerprint density at radius 1 is 1.62 bits per heavy atom. The summed E-state index contributed by atoms with van der Waals surface area (Å²) in [6.45, 7) is 7.41. The highest BCUT2D eigenvalue weighted by Gasteiger charge is 2.33. The topological polar surface area (TPSA) is 55.3 Å². The Balaban J connectivity index is 0.00000128. The number of halogens is 1. The summed E-state index contributed by atoms with van der Waals surface area (Å²) in [5.41, 5.74) is 7.28. The Labute approximate surface area is 103 Å². The van der Waals surface area contributed by atoms with Gasteiger partial charge in [0.05, 0.1) is 5.69 Å². The first kappa shape index (κ1) is 13.5. The number of hydrogen-bond acceptors (Lipinski definition) is 4. The highest BCUT2D eigenvalue weighted by Crippen LogP contribution is 2.28. The van der Waals surface area contributed by atoms with E-state index in [1.165, 1.54) is 6.39 Å². The molecule has 1 saturated heterocycles. The van der Waals surface area contributed by atoms with Gasteiger partial charge in [0.1, 0.15) is 6.26 Å². The molecule has 1 aromatic heterocycles. The van der Waals surface area contributed by atoms with Crippen LogP contribution in [0.4, 0.5) is 0 Å². The van der Waals surface area contributed by atoms with Gasteiger partial charge in [-0.2, -0.15) is 0 Å². The minimum atomic E-state index is 0. The van der Waals surface area contributed by atoms with E-state index in [2.05, 4.69) is 23.7 Å². The molecule has 0 amide bonds. The van der Waals surface area contributed by atoms with Crippen molar-refractivity contribution >= 4 is 12.4 Å². The number of likely N-dealkylation sites (tertiary alicyclic amines) is 1. The summed E-state index contributed by atoms with van der Waals surface area (Å²) in [7, 11) is 0. The maximum atomic E-state index is 6.09. The number of rotatable bonds is 2. The molecule has 1 aliphatic rings. The summed E-state index contributed by atoms with van der Waals surface area (Å²) >= 11 is 0. The molecular formula is C11H20ClN3O. The lowest BCUT2D eigenvalue weighted by atomic mass is 9.80. The molecule has 5 heteroatoms. The van der Waals surface area contributed by atoms with Gasteiger partial charge in [-0.25, -0.2) is 4.98 Å². The number of piperidine rings is 1. The first-order valence-corrected chi connectivity index (χ1v) is 5.43. The predicted octanol–water partition coefficient (Wildman–Crippen LogP) is 1.66. The zero-order chi connectivity index (χ0) is 10.9. The second-order valence-corrected chi connectivity index (χ2v) is 5.07. The standard InChI is InChI=1S/C11H19N3O.ClH/c1-11(2)7-14(4-3-10(11)12)5-9-6-15-8-13-9;/h6,8,10H,3-5,7,12H2,1-2H3;1H. The van der Waals surface area contributed by atoms with E-state index < -0.39 is 0 Å². The van der Waals surface area contributed by atoms with Crippen LogP contribution in [-0.4, -0.2) is 29.0 Å². The van der Waals surface area contributed by atoms with Gasteiger partial charge in [-0.05, 0) is 11.8 Å². The fraction of sp³-hybridized carbons (Fsp3) is 0.727. The summed E-state index contributed by atoms with van der Waals surface area (Å²) in [5, 5.41) is 0. The summed E-state index contributed by atoms with van der Waals surface area (Å²) in [6.07, 6.45) is 4.25. The lowest BCUT2D eigenvalue weighted by molar-refractivity contribution is 0.0889. The minimum absolute atomic E-state index is 0. The van der Waals surface area contributed by atoms with Gasteiger partial charge in [-0.15, -0.1) is 12.4 Å². The molecule has 1 aromatic rings. The third kappa shape index (κ3) is 2.97. The van der Waals surface area contributed by atoms with E-state index in [4.69, 9.17) is 10.2 Å². The number of nitrogens with two attached hydrogens (primary N) is 1. The van der Waals surface area contributed by atoms with E-state index in [0.29, 0.717) is 6.04 Å². The van der Waals surface area contributed by atoms with Crippen LogP contribution in [0.1, 0.15) is 26.0 Å². The lowest BCUT2D eigenvalue weighted by Gasteiger charge is -2.42. The molecular weight excluding hydrogens is 226 g/mol. The van der Waals surface area contributed by atoms with Crippen LogP contribution in [0, 0.1) is 5.41 Å². The van der Waals surface area contributed by atoms with Gasteiger partial charge in [0.2, 0.25) is 0 Å². The highest BCUT2D eigenvalue weighted by atomic mass is 35.5. The molecule has 4 nitrogen and oxygen atoms in total. The van der Waals surface area contributed by atoms with E-state index in [9.17, 15) is 0 Å². The second-order valence-electron chi connectivity index (χ2n) is 5.07. The van der Waals surface area contributed by atoms with Gasteiger partial charge in [0.25, 0.3) is 0 Å². The molecule has 0 spiro atoms. The maximum Gasteiger partial charge on any atom is 0.180 e. The molecule has 0 aliphatic carbocycles. The van der Waals surface area contributed by atoms with E-state index in [0.717, 1.165) is 31.7 Å². The number of nitrogens with zero attached hydrogens (tertiary/aromatic N) is 2. The largest absolute Gasteiger partial charge is 0.451 e. The van der Waals surface area contributed by atoms with Gasteiger partial charge in [0.15, 0.2) is 6.39 Å². The third-order valence-electron chi connectivity index (χ3n) is 3.26. The SMILES string of the molecule is CC1(C)CN(Cc2cocn2)CCC1N.Cl. The minimum Gasteiger partial charge on any atom is -0.451 e. The van der Waals surface area contributed by atoms with Crippen LogP contribution in [-0.2, 0) is 6.54 Å². The van der Waals surface area contributed by atoms with Gasteiger partial charge in [-0.3, -0.25) is 4.90 Å². The molecule has 0 radical (unpaired) electrons. The fourth-order valence-corrected chi connectivity index (χ4v) is 2.16. The Hall–Kier alpha value is -0.580. The molecule has 2 heterocycles. The van der Waals surface area contributed by atoms with Crippen molar-refractivity contribution in [1.82, 2.24) is 9.88 Å². The Bertz CT molecular complexity index is 313. The van der Waals surface area contributed by atoms with Crippen LogP contribution in [0.5, 0.6) is 0 Å². The third-order valence-corrected chi connectivity index (χ3v) is 3.26. The average Bonchev–Trinajstić information content (AvgIpc) is 2.63. The fourth-order valence-electron chi connectivity index (χ4n) is 2.16. The molecule has 1 unspecified atom stereocenters. The normalized spacial score (nSPS) is 25.1. The van der Waals surface area contributed by atoms with Crippen LogP contribution >= 0.6 is 12.4 Å². The molecule has 2 N–H and O–H groups in total. The van der Waals surface area contributed by atoms with Crippen molar-refractivity contribution in [3.05, 3.63) is 18.4 Å². The first-order valence-electron chi connectivity index (χ1n) is 5.43. The Morgan fingerprint density at radius 2 is 2.38 bits per heavy atom. The summed E-state index contributed by atoms with van der Waals surface area (Å²) in [5.74, 6) is 0. The van der Waals surface area contributed by atoms with Crippen molar-refractivity contribution < 1.29 is 4.42 Å². The van der Waals surface area contributed by atoms with Crippen LogP contribution in [0.15, 0.2) is 17.1 Å². The molecule has 1 aliphatic heterocycles. The number of hydrogen-bond donors (Lipinski definition) is 1. The van der Waals surface area contributed by atoms with Gasteiger partial charge in [0, 0.05) is 25.7 Å². The van der Waals surface area contributed by atoms with Crippen molar-refractivity contribution in [2.24, 2.45) is 11.1 Å². The lowest BCUT2D eigenvalue weighted by Crippen LogP contribution is -2.52. The van der Waals surface area contributed by atoms with Crippen molar-refractivity contribution in [1.29, 1.82) is 0 Å². The van der Waals surface area contributed by atoms with Gasteiger partial charge >= 0.3 is 0 Å². The summed E-state index contributed by atoms with van der Waals surface area (Å²) in [4.78, 5) is 6.53. The second kappa shape index (κ2) is 5.17. The zero-order valence-corrected chi connectivity index (χ0v) is 10.7. The van der Waals surface area contributed by atoms with Crippen LogP contribution < -0.4 is 5.73 Å². The Morgan fingerprint density at radius 3 is 2.94 bits per heavy atom. The first-order chi connectivity index (χ1) is 7.08. The molecule has 2 rings (SSSR count). The molecule has 0 aromatic carbocycles. The summed E-state index contributed by atoms with van der Waals surface area (Å²) < 4.78 is 4.97. The number of oxazole rings is 1. The van der Waals surface area contributed by atoms with Crippen LogP contribution in [0.3, 0.4) is 0 Å². The quantitative estimate of drug-likeness (QED) is 0.861. The van der Waals surface area contributed by atoms with Crippen molar-refractivity contribution in [2.45, 2.75) is 32.9 Å². The van der Waals surface area contributed by atoms with Gasteiger partial charge < -0.3 is 10.2 Å². The molecule has 0 bridgehead atoms. The zero-order valence-electron chi connectivity index (χ0n) is 9.85. The van der Waals surface area contributed by atoms with E-state index in [-0.39, 0.29) is 17.8 Å². The molecule has 16 heavy (non-hydrogen) atoms. The number of aromatic nitrogens is 1. The van der Waals surface area contributed by atoms with Crippen LogP contribution in [0.2, 0.25) is 0 Å².